The predicted molar refractivity (Wildman–Crippen MR) is 57.8 cm³/mol. The summed E-state index contributed by atoms with van der Waals surface area (Å²) in [6.45, 7) is 1.20. The number of benzene rings is 1. The van der Waals surface area contributed by atoms with E-state index in [4.69, 9.17) is 9.47 Å². The van der Waals surface area contributed by atoms with Crippen LogP contribution in [0, 0.1) is 5.21 Å². The van der Waals surface area contributed by atoms with E-state index in [0.717, 1.165) is 19.3 Å². The number of aromatic nitrogens is 2. The summed E-state index contributed by atoms with van der Waals surface area (Å²) in [5, 5.41) is 15.1. The molecule has 0 saturated heterocycles. The summed E-state index contributed by atoms with van der Waals surface area (Å²) >= 11 is 0. The van der Waals surface area contributed by atoms with Crippen molar-refractivity contribution >= 4 is 11.0 Å². The summed E-state index contributed by atoms with van der Waals surface area (Å²) in [5.41, 5.74) is 0.769. The second-order valence-corrected chi connectivity index (χ2v) is 3.95. The third kappa shape index (κ3) is 1.75. The van der Waals surface area contributed by atoms with Crippen LogP contribution >= 0.6 is 0 Å². The summed E-state index contributed by atoms with van der Waals surface area (Å²) in [7, 11) is 0. The van der Waals surface area contributed by atoms with E-state index >= 15 is 0 Å². The number of rotatable bonds is 0. The Labute approximate surface area is 97.3 Å². The molecule has 0 bridgehead atoms. The summed E-state index contributed by atoms with van der Waals surface area (Å²) in [5.74, 6) is 1.01. The molecule has 1 aliphatic rings. The van der Waals surface area contributed by atoms with Gasteiger partial charge in [0.2, 0.25) is 5.75 Å². The van der Waals surface area contributed by atoms with Crippen molar-refractivity contribution in [3.05, 3.63) is 17.3 Å². The molecule has 0 aliphatic carbocycles. The zero-order valence-corrected chi connectivity index (χ0v) is 9.22. The lowest BCUT2D eigenvalue weighted by Crippen LogP contribution is -2.23. The lowest BCUT2D eigenvalue weighted by atomic mass is 10.2. The number of hydrogen-bond acceptors (Lipinski definition) is 5. The predicted octanol–water partition coefficient (Wildman–Crippen LogP) is 1.40. The molecule has 1 aromatic heterocycles. The molecule has 0 N–H and O–H groups in total. The molecule has 1 aromatic carbocycles. The molecule has 3 rings (SSSR count). The minimum absolute atomic E-state index is 0.296. The van der Waals surface area contributed by atoms with Gasteiger partial charge in [-0.2, -0.15) is 0 Å². The van der Waals surface area contributed by atoms with Crippen LogP contribution in [0.3, 0.4) is 0 Å². The second kappa shape index (κ2) is 4.12. The Kier molecular flexibility index (Phi) is 2.47. The molecular formula is C11H12N2O4. The monoisotopic (exact) mass is 236 g/mol. The number of fused-ring (bicyclic) bond motifs is 3. The molecular weight excluding hydrogens is 224 g/mol. The van der Waals surface area contributed by atoms with Gasteiger partial charge in [-0.15, -0.1) is 0 Å². The molecule has 6 nitrogen and oxygen atoms in total. The van der Waals surface area contributed by atoms with Crippen LogP contribution < -0.4 is 14.4 Å². The first-order valence-corrected chi connectivity index (χ1v) is 5.64. The van der Waals surface area contributed by atoms with E-state index in [1.807, 2.05) is 0 Å². The molecule has 0 amide bonds. The van der Waals surface area contributed by atoms with Gasteiger partial charge in [-0.1, -0.05) is 0 Å². The maximum Gasteiger partial charge on any atom is 0.271 e. The SMILES string of the molecule is [O-][n+]1onc2ccc3c(c21)OCCCCCO3. The molecule has 0 radical (unpaired) electrons. The highest BCUT2D eigenvalue weighted by Crippen LogP contribution is 2.34. The first-order valence-electron chi connectivity index (χ1n) is 5.64. The van der Waals surface area contributed by atoms with Gasteiger partial charge in [0.15, 0.2) is 5.75 Å². The van der Waals surface area contributed by atoms with Gasteiger partial charge in [0.1, 0.15) is 0 Å². The first-order chi connectivity index (χ1) is 8.36. The lowest BCUT2D eigenvalue weighted by Gasteiger charge is -2.09. The fraction of sp³-hybridized carbons (Fsp3) is 0.455. The van der Waals surface area contributed by atoms with Gasteiger partial charge in [0.25, 0.3) is 11.0 Å². The van der Waals surface area contributed by atoms with Crippen LogP contribution in [0.25, 0.3) is 11.0 Å². The Morgan fingerprint density at radius 2 is 1.94 bits per heavy atom. The van der Waals surface area contributed by atoms with Crippen molar-refractivity contribution in [2.45, 2.75) is 19.3 Å². The van der Waals surface area contributed by atoms with Crippen molar-refractivity contribution in [3.63, 3.8) is 0 Å². The maximum absolute atomic E-state index is 11.5. The van der Waals surface area contributed by atoms with Crippen LogP contribution in [0.2, 0.25) is 0 Å². The topological polar surface area (TPSA) is 71.4 Å². The maximum atomic E-state index is 11.5. The Morgan fingerprint density at radius 3 is 2.82 bits per heavy atom. The Hall–Kier alpha value is -1.98. The molecule has 6 heteroatoms. The molecule has 0 unspecified atom stereocenters. The number of nitrogens with zero attached hydrogens (tertiary/aromatic N) is 2. The lowest BCUT2D eigenvalue weighted by molar-refractivity contribution is -0.782. The molecule has 17 heavy (non-hydrogen) atoms. The first kappa shape index (κ1) is 10.2. The average Bonchev–Trinajstić information content (AvgIpc) is 2.75. The molecule has 2 aromatic rings. The molecule has 1 aliphatic heterocycles. The van der Waals surface area contributed by atoms with Gasteiger partial charge in [-0.05, 0) is 30.2 Å². The van der Waals surface area contributed by atoms with E-state index in [9.17, 15) is 5.21 Å². The van der Waals surface area contributed by atoms with Crippen molar-refractivity contribution in [1.29, 1.82) is 0 Å². The molecule has 2 heterocycles. The van der Waals surface area contributed by atoms with Gasteiger partial charge in [0, 0.05) is 11.2 Å². The van der Waals surface area contributed by atoms with Gasteiger partial charge >= 0.3 is 0 Å². The fourth-order valence-electron chi connectivity index (χ4n) is 1.90. The quantitative estimate of drug-likeness (QED) is 0.646. The van der Waals surface area contributed by atoms with Crippen LogP contribution in [0.15, 0.2) is 16.8 Å². The van der Waals surface area contributed by atoms with Crippen molar-refractivity contribution in [2.24, 2.45) is 0 Å². The molecule has 0 fully saturated rings. The number of hydrogen-bond donors (Lipinski definition) is 0. The van der Waals surface area contributed by atoms with Crippen molar-refractivity contribution < 1.29 is 19.0 Å². The van der Waals surface area contributed by atoms with Crippen molar-refractivity contribution in [2.75, 3.05) is 13.2 Å². The van der Waals surface area contributed by atoms with E-state index in [0.29, 0.717) is 40.6 Å². The Morgan fingerprint density at radius 1 is 1.12 bits per heavy atom. The van der Waals surface area contributed by atoms with Crippen LogP contribution in [-0.4, -0.2) is 18.4 Å². The highest BCUT2D eigenvalue weighted by Gasteiger charge is 2.21. The summed E-state index contributed by atoms with van der Waals surface area (Å²) < 4.78 is 15.8. The molecule has 0 spiro atoms. The standard InChI is InChI=1S/C11H12N2O4/c14-13-10-8(12-17-13)4-5-9-11(10)16-7-3-1-2-6-15-9/h4-5H,1-3,6-7H2. The molecule has 90 valence electrons. The third-order valence-corrected chi connectivity index (χ3v) is 2.76. The van der Waals surface area contributed by atoms with E-state index in [1.54, 1.807) is 12.1 Å². The van der Waals surface area contributed by atoms with Gasteiger partial charge < -0.3 is 14.7 Å². The summed E-state index contributed by atoms with van der Waals surface area (Å²) in [6, 6.07) is 3.44. The Bertz CT molecular complexity index is 537. The van der Waals surface area contributed by atoms with Crippen molar-refractivity contribution in [3.8, 4) is 11.5 Å². The third-order valence-electron chi connectivity index (χ3n) is 2.76. The summed E-state index contributed by atoms with van der Waals surface area (Å²) in [6.07, 6.45) is 2.99. The minimum atomic E-state index is 0.296. The van der Waals surface area contributed by atoms with Crippen LogP contribution in [-0.2, 0) is 0 Å². The van der Waals surface area contributed by atoms with Crippen molar-refractivity contribution in [1.82, 2.24) is 5.16 Å². The van der Waals surface area contributed by atoms with Gasteiger partial charge in [-0.25, -0.2) is 0 Å². The van der Waals surface area contributed by atoms with E-state index < -0.39 is 0 Å². The second-order valence-electron chi connectivity index (χ2n) is 3.95. The van der Waals surface area contributed by atoms with E-state index in [-0.39, 0.29) is 0 Å². The zero-order valence-electron chi connectivity index (χ0n) is 9.22. The van der Waals surface area contributed by atoms with E-state index in [2.05, 4.69) is 9.79 Å². The smallest absolute Gasteiger partial charge is 0.271 e. The number of ether oxygens (including phenoxy) is 2. The normalized spacial score (nSPS) is 16.2. The highest BCUT2D eigenvalue weighted by molar-refractivity contribution is 5.80. The minimum Gasteiger partial charge on any atom is -0.490 e. The molecule has 0 atom stereocenters. The highest BCUT2D eigenvalue weighted by atomic mass is 16.8. The largest absolute Gasteiger partial charge is 0.490 e. The Balaban J connectivity index is 2.14. The average molecular weight is 236 g/mol. The van der Waals surface area contributed by atoms with Crippen LogP contribution in [0.4, 0.5) is 0 Å². The zero-order chi connectivity index (χ0) is 11.7. The van der Waals surface area contributed by atoms with Gasteiger partial charge in [0.05, 0.1) is 13.2 Å². The molecule has 0 saturated carbocycles. The van der Waals surface area contributed by atoms with Gasteiger partial charge in [-0.3, -0.25) is 4.63 Å². The van der Waals surface area contributed by atoms with E-state index in [1.165, 1.54) is 0 Å². The van der Waals surface area contributed by atoms with Crippen LogP contribution in [0.5, 0.6) is 11.5 Å². The van der Waals surface area contributed by atoms with Crippen LogP contribution in [0.1, 0.15) is 19.3 Å². The fourth-order valence-corrected chi connectivity index (χ4v) is 1.90. The summed E-state index contributed by atoms with van der Waals surface area (Å²) in [4.78, 5) is 0.357.